The van der Waals surface area contributed by atoms with E-state index < -0.39 is 34.5 Å². The van der Waals surface area contributed by atoms with Gasteiger partial charge in [-0.05, 0) is 53.9 Å². The van der Waals surface area contributed by atoms with E-state index in [1.54, 1.807) is 18.2 Å². The van der Waals surface area contributed by atoms with Crippen molar-refractivity contribution in [2.75, 3.05) is 38.6 Å². The molecule has 3 aromatic carbocycles. The fraction of sp³-hybridized carbons (Fsp3) is 0.355. The topological polar surface area (TPSA) is 99.3 Å². The van der Waals surface area contributed by atoms with Crippen LogP contribution in [0.1, 0.15) is 30.9 Å². The number of carbonyl (C=O) groups excluding carboxylic acids is 2. The number of rotatable bonds is 15. The van der Waals surface area contributed by atoms with Gasteiger partial charge in [-0.1, -0.05) is 55.8 Å². The molecule has 0 aliphatic heterocycles. The summed E-state index contributed by atoms with van der Waals surface area (Å²) in [6, 6.07) is 20.4. The van der Waals surface area contributed by atoms with E-state index in [9.17, 15) is 22.4 Å². The summed E-state index contributed by atoms with van der Waals surface area (Å²) in [7, 11) is 0.0744. The zero-order valence-electron chi connectivity index (χ0n) is 24.5. The van der Waals surface area contributed by atoms with Gasteiger partial charge in [0.05, 0.1) is 12.8 Å². The molecule has 0 aromatic heterocycles. The lowest BCUT2D eigenvalue weighted by atomic mass is 10.0. The van der Waals surface area contributed by atoms with Crippen LogP contribution in [-0.2, 0) is 32.8 Å². The molecule has 0 heterocycles. The highest BCUT2D eigenvalue weighted by Gasteiger charge is 2.34. The first kappa shape index (κ1) is 32.6. The standard InChI is InChI=1S/C31H39FN4O5S/c1-5-6-19-33-31(38)29(21-24-11-8-7-9-12-24)35(22-25-13-10-14-28(20-25)41-4)30(37)23-36(42(39,40)34(2)3)27-17-15-26(32)16-18-27/h7-18,20,29H,5-6,19,21-23H2,1-4H3,(H,33,38). The van der Waals surface area contributed by atoms with E-state index in [1.807, 2.05) is 43.3 Å². The minimum absolute atomic E-state index is 0.0218. The van der Waals surface area contributed by atoms with Gasteiger partial charge in [-0.2, -0.15) is 12.7 Å². The first-order valence-electron chi connectivity index (χ1n) is 13.8. The second kappa shape index (κ2) is 15.3. The monoisotopic (exact) mass is 598 g/mol. The van der Waals surface area contributed by atoms with Crippen LogP contribution in [0.4, 0.5) is 10.1 Å². The largest absolute Gasteiger partial charge is 0.497 e. The van der Waals surface area contributed by atoms with E-state index >= 15 is 0 Å². The van der Waals surface area contributed by atoms with Crippen molar-refractivity contribution in [2.24, 2.45) is 0 Å². The highest BCUT2D eigenvalue weighted by atomic mass is 32.2. The van der Waals surface area contributed by atoms with Crippen LogP contribution in [0.15, 0.2) is 78.9 Å². The average Bonchev–Trinajstić information content (AvgIpc) is 2.98. The number of halogens is 1. The average molecular weight is 599 g/mol. The summed E-state index contributed by atoms with van der Waals surface area (Å²) in [6.07, 6.45) is 1.86. The van der Waals surface area contributed by atoms with Crippen molar-refractivity contribution in [1.82, 2.24) is 14.5 Å². The molecule has 1 atom stereocenters. The smallest absolute Gasteiger partial charge is 0.304 e. The summed E-state index contributed by atoms with van der Waals surface area (Å²) < 4.78 is 47.7. The van der Waals surface area contributed by atoms with Crippen LogP contribution in [0.3, 0.4) is 0 Å². The van der Waals surface area contributed by atoms with Gasteiger partial charge in [0.2, 0.25) is 11.8 Å². The number of amides is 2. The fourth-order valence-electron chi connectivity index (χ4n) is 4.35. The van der Waals surface area contributed by atoms with E-state index in [4.69, 9.17) is 4.74 Å². The SMILES string of the molecule is CCCCNC(=O)C(Cc1ccccc1)N(Cc1cccc(OC)c1)C(=O)CN(c1ccc(F)cc1)S(=O)(=O)N(C)C. The molecule has 0 aliphatic rings. The summed E-state index contributed by atoms with van der Waals surface area (Å²) in [4.78, 5) is 29.3. The minimum atomic E-state index is -4.16. The van der Waals surface area contributed by atoms with E-state index in [0.717, 1.165) is 39.1 Å². The second-order valence-electron chi connectivity index (χ2n) is 10.00. The number of nitrogens with zero attached hydrogens (tertiary/aromatic N) is 3. The zero-order chi connectivity index (χ0) is 30.7. The second-order valence-corrected chi connectivity index (χ2v) is 12.1. The third-order valence-corrected chi connectivity index (χ3v) is 8.54. The molecule has 0 saturated heterocycles. The molecule has 0 saturated carbocycles. The lowest BCUT2D eigenvalue weighted by molar-refractivity contribution is -0.140. The van der Waals surface area contributed by atoms with Crippen molar-refractivity contribution in [3.05, 3.63) is 95.8 Å². The molecular formula is C31H39FN4O5S. The molecule has 1 unspecified atom stereocenters. The van der Waals surface area contributed by atoms with Gasteiger partial charge in [-0.15, -0.1) is 0 Å². The highest BCUT2D eigenvalue weighted by molar-refractivity contribution is 7.90. The maximum Gasteiger partial charge on any atom is 0.304 e. The van der Waals surface area contributed by atoms with Gasteiger partial charge < -0.3 is 15.0 Å². The van der Waals surface area contributed by atoms with Gasteiger partial charge in [0, 0.05) is 33.6 Å². The number of methoxy groups -OCH3 is 1. The summed E-state index contributed by atoms with van der Waals surface area (Å²) >= 11 is 0. The minimum Gasteiger partial charge on any atom is -0.497 e. The molecule has 2 amide bonds. The molecule has 0 aliphatic carbocycles. The van der Waals surface area contributed by atoms with Gasteiger partial charge in [0.15, 0.2) is 0 Å². The van der Waals surface area contributed by atoms with Crippen molar-refractivity contribution >= 4 is 27.7 Å². The fourth-order valence-corrected chi connectivity index (χ4v) is 5.41. The number of unbranched alkanes of at least 4 members (excludes halogenated alkanes) is 1. The summed E-state index contributed by atoms with van der Waals surface area (Å²) in [5.41, 5.74) is 1.66. The normalized spacial score (nSPS) is 12.0. The van der Waals surface area contributed by atoms with Crippen LogP contribution in [0, 0.1) is 5.82 Å². The third-order valence-electron chi connectivity index (χ3n) is 6.72. The van der Waals surface area contributed by atoms with Gasteiger partial charge in [-0.3, -0.25) is 9.59 Å². The molecule has 3 rings (SSSR count). The van der Waals surface area contributed by atoms with Crippen LogP contribution in [0.5, 0.6) is 5.75 Å². The highest BCUT2D eigenvalue weighted by Crippen LogP contribution is 2.23. The van der Waals surface area contributed by atoms with Crippen LogP contribution in [-0.4, -0.2) is 69.8 Å². The van der Waals surface area contributed by atoms with Crippen LogP contribution in [0.2, 0.25) is 0 Å². The predicted octanol–water partition coefficient (Wildman–Crippen LogP) is 4.00. The molecule has 226 valence electrons. The molecule has 0 fully saturated rings. The van der Waals surface area contributed by atoms with Crippen molar-refractivity contribution in [3.8, 4) is 5.75 Å². The molecule has 1 N–H and O–H groups in total. The van der Waals surface area contributed by atoms with Gasteiger partial charge >= 0.3 is 10.2 Å². The first-order valence-corrected chi connectivity index (χ1v) is 15.2. The zero-order valence-corrected chi connectivity index (χ0v) is 25.3. The Morgan fingerprint density at radius 3 is 2.24 bits per heavy atom. The predicted molar refractivity (Wildman–Crippen MR) is 162 cm³/mol. The van der Waals surface area contributed by atoms with Crippen molar-refractivity contribution in [3.63, 3.8) is 0 Å². The van der Waals surface area contributed by atoms with Crippen LogP contribution >= 0.6 is 0 Å². The van der Waals surface area contributed by atoms with Crippen LogP contribution < -0.4 is 14.4 Å². The number of anilines is 1. The van der Waals surface area contributed by atoms with E-state index in [2.05, 4.69) is 5.32 Å². The molecule has 0 bridgehead atoms. The van der Waals surface area contributed by atoms with Gasteiger partial charge in [0.25, 0.3) is 0 Å². The number of nitrogens with one attached hydrogen (secondary N) is 1. The lowest BCUT2D eigenvalue weighted by Crippen LogP contribution is -2.54. The van der Waals surface area contributed by atoms with Gasteiger partial charge in [0.1, 0.15) is 24.2 Å². The molecule has 0 radical (unpaired) electrons. The Labute approximate surface area is 248 Å². The molecule has 9 nitrogen and oxygen atoms in total. The van der Waals surface area contributed by atoms with Crippen molar-refractivity contribution in [1.29, 1.82) is 0 Å². The number of benzene rings is 3. The molecule has 3 aromatic rings. The Morgan fingerprint density at radius 2 is 1.62 bits per heavy atom. The van der Waals surface area contributed by atoms with Gasteiger partial charge in [-0.25, -0.2) is 8.70 Å². The molecule has 0 spiro atoms. The van der Waals surface area contributed by atoms with Crippen molar-refractivity contribution in [2.45, 2.75) is 38.8 Å². The Balaban J connectivity index is 2.08. The Kier molecular flexibility index (Phi) is 11.9. The van der Waals surface area contributed by atoms with Crippen molar-refractivity contribution < 1.29 is 27.1 Å². The molecule has 11 heteroatoms. The first-order chi connectivity index (χ1) is 20.1. The van der Waals surface area contributed by atoms with E-state index in [-0.39, 0.29) is 24.6 Å². The Hall–Kier alpha value is -3.96. The van der Waals surface area contributed by atoms with E-state index in [0.29, 0.717) is 17.9 Å². The van der Waals surface area contributed by atoms with E-state index in [1.165, 1.54) is 38.2 Å². The maximum atomic E-state index is 14.2. The molecular weight excluding hydrogens is 559 g/mol. The Bertz CT molecular complexity index is 1420. The summed E-state index contributed by atoms with van der Waals surface area (Å²) in [6.45, 7) is 1.87. The summed E-state index contributed by atoms with van der Waals surface area (Å²) in [5.74, 6) is -0.903. The Morgan fingerprint density at radius 1 is 0.952 bits per heavy atom. The third kappa shape index (κ3) is 8.77. The molecule has 42 heavy (non-hydrogen) atoms. The number of ether oxygens (including phenoxy) is 1. The quantitative estimate of drug-likeness (QED) is 0.267. The number of hydrogen-bond acceptors (Lipinski definition) is 5. The summed E-state index contributed by atoms with van der Waals surface area (Å²) in [5, 5.41) is 2.95. The van der Waals surface area contributed by atoms with Crippen LogP contribution in [0.25, 0.3) is 0 Å². The maximum absolute atomic E-state index is 14.2. The number of hydrogen-bond donors (Lipinski definition) is 1. The number of carbonyl (C=O) groups is 2. The lowest BCUT2D eigenvalue weighted by Gasteiger charge is -2.34.